The van der Waals surface area contributed by atoms with Crippen LogP contribution in [0.5, 0.6) is 0 Å². The van der Waals surface area contributed by atoms with Crippen molar-refractivity contribution in [2.45, 2.75) is 45.3 Å². The first-order chi connectivity index (χ1) is 13.6. The SMILES string of the molecule is CCCn1c(SCC(=O)Nc2c(C)cccc2CC)nnc1-c1ccccn1. The van der Waals surface area contributed by atoms with Crippen LogP contribution in [0.1, 0.15) is 31.4 Å². The van der Waals surface area contributed by atoms with Crippen LogP contribution >= 0.6 is 11.8 Å². The number of pyridine rings is 1. The summed E-state index contributed by atoms with van der Waals surface area (Å²) in [5.74, 6) is 0.971. The molecule has 7 heteroatoms. The average molecular weight is 396 g/mol. The summed E-state index contributed by atoms with van der Waals surface area (Å²) in [7, 11) is 0. The Hall–Kier alpha value is -2.67. The molecule has 1 amide bonds. The highest BCUT2D eigenvalue weighted by Crippen LogP contribution is 2.25. The van der Waals surface area contributed by atoms with Crippen molar-refractivity contribution in [2.24, 2.45) is 0 Å². The van der Waals surface area contributed by atoms with Crippen LogP contribution in [-0.2, 0) is 17.8 Å². The fourth-order valence-corrected chi connectivity index (χ4v) is 3.78. The molecule has 28 heavy (non-hydrogen) atoms. The number of thioether (sulfide) groups is 1. The molecular formula is C21H25N5OS. The smallest absolute Gasteiger partial charge is 0.234 e. The van der Waals surface area contributed by atoms with Crippen molar-refractivity contribution >= 4 is 23.4 Å². The summed E-state index contributed by atoms with van der Waals surface area (Å²) in [6, 6.07) is 11.8. The second-order valence-electron chi connectivity index (χ2n) is 6.47. The first-order valence-corrected chi connectivity index (χ1v) is 10.5. The van der Waals surface area contributed by atoms with Gasteiger partial charge in [-0.25, -0.2) is 0 Å². The molecule has 2 aromatic heterocycles. The number of hydrogen-bond donors (Lipinski definition) is 1. The number of aromatic nitrogens is 4. The van der Waals surface area contributed by atoms with Crippen LogP contribution < -0.4 is 5.32 Å². The Kier molecular flexibility index (Phi) is 6.81. The number of benzene rings is 1. The molecule has 0 bridgehead atoms. The Bertz CT molecular complexity index is 939. The summed E-state index contributed by atoms with van der Waals surface area (Å²) in [5.41, 5.74) is 3.92. The van der Waals surface area contributed by atoms with Crippen LogP contribution in [0.2, 0.25) is 0 Å². The van der Waals surface area contributed by atoms with E-state index in [1.165, 1.54) is 11.8 Å². The Morgan fingerprint density at radius 3 is 2.71 bits per heavy atom. The van der Waals surface area contributed by atoms with Gasteiger partial charge < -0.3 is 9.88 Å². The Balaban J connectivity index is 1.73. The lowest BCUT2D eigenvalue weighted by molar-refractivity contribution is -0.113. The molecule has 0 aliphatic carbocycles. The van der Waals surface area contributed by atoms with Gasteiger partial charge in [-0.1, -0.05) is 49.9 Å². The zero-order valence-corrected chi connectivity index (χ0v) is 17.3. The predicted molar refractivity (Wildman–Crippen MR) is 113 cm³/mol. The largest absolute Gasteiger partial charge is 0.325 e. The van der Waals surface area contributed by atoms with E-state index in [2.05, 4.69) is 34.3 Å². The highest BCUT2D eigenvalue weighted by molar-refractivity contribution is 7.99. The van der Waals surface area contributed by atoms with Gasteiger partial charge in [0.2, 0.25) is 5.91 Å². The number of carbonyl (C=O) groups is 1. The van der Waals surface area contributed by atoms with Crippen LogP contribution in [0.3, 0.4) is 0 Å². The molecule has 2 heterocycles. The second-order valence-corrected chi connectivity index (χ2v) is 7.41. The lowest BCUT2D eigenvalue weighted by atomic mass is 10.1. The molecule has 1 aromatic carbocycles. The monoisotopic (exact) mass is 395 g/mol. The van der Waals surface area contributed by atoms with E-state index in [9.17, 15) is 4.79 Å². The number of carbonyl (C=O) groups excluding carboxylic acids is 1. The third kappa shape index (κ3) is 4.59. The van der Waals surface area contributed by atoms with Gasteiger partial charge in [-0.2, -0.15) is 0 Å². The highest BCUT2D eigenvalue weighted by atomic mass is 32.2. The van der Waals surface area contributed by atoms with Gasteiger partial charge in [0.05, 0.1) is 5.75 Å². The van der Waals surface area contributed by atoms with Crippen LogP contribution in [0.4, 0.5) is 5.69 Å². The molecule has 0 saturated heterocycles. The van der Waals surface area contributed by atoms with Gasteiger partial charge in [-0.05, 0) is 43.0 Å². The quantitative estimate of drug-likeness (QED) is 0.574. The predicted octanol–water partition coefficient (Wildman–Crippen LogP) is 4.35. The van der Waals surface area contributed by atoms with Gasteiger partial charge in [0.15, 0.2) is 11.0 Å². The van der Waals surface area contributed by atoms with E-state index >= 15 is 0 Å². The van der Waals surface area contributed by atoms with E-state index in [1.807, 2.05) is 47.9 Å². The molecule has 6 nitrogen and oxygen atoms in total. The molecule has 0 atom stereocenters. The van der Waals surface area contributed by atoms with Crippen molar-refractivity contribution in [1.82, 2.24) is 19.7 Å². The third-order valence-corrected chi connectivity index (χ3v) is 5.36. The van der Waals surface area contributed by atoms with Crippen LogP contribution in [0, 0.1) is 6.92 Å². The number of rotatable bonds is 8. The highest BCUT2D eigenvalue weighted by Gasteiger charge is 2.16. The van der Waals surface area contributed by atoms with Crippen molar-refractivity contribution in [3.8, 4) is 11.5 Å². The lowest BCUT2D eigenvalue weighted by Crippen LogP contribution is -2.16. The Morgan fingerprint density at radius 1 is 1.14 bits per heavy atom. The van der Waals surface area contributed by atoms with Crippen molar-refractivity contribution in [2.75, 3.05) is 11.1 Å². The molecule has 146 valence electrons. The number of anilines is 1. The summed E-state index contributed by atoms with van der Waals surface area (Å²) in [6.45, 7) is 6.99. The van der Waals surface area contributed by atoms with Gasteiger partial charge in [-0.3, -0.25) is 9.78 Å². The van der Waals surface area contributed by atoms with Crippen molar-refractivity contribution in [3.05, 3.63) is 53.7 Å². The zero-order valence-electron chi connectivity index (χ0n) is 16.5. The van der Waals surface area contributed by atoms with Crippen LogP contribution in [0.15, 0.2) is 47.8 Å². The standard InChI is InChI=1S/C21H25N5OS/c1-4-13-26-20(17-11-6-7-12-22-17)24-25-21(26)28-14-18(27)23-19-15(3)9-8-10-16(19)5-2/h6-12H,4-5,13-14H2,1-3H3,(H,23,27). The van der Waals surface area contributed by atoms with E-state index in [1.54, 1.807) is 6.20 Å². The van der Waals surface area contributed by atoms with Crippen molar-refractivity contribution < 1.29 is 4.79 Å². The van der Waals surface area contributed by atoms with Crippen molar-refractivity contribution in [3.63, 3.8) is 0 Å². The average Bonchev–Trinajstić information content (AvgIpc) is 3.11. The second kappa shape index (κ2) is 9.50. The minimum Gasteiger partial charge on any atom is -0.325 e. The van der Waals surface area contributed by atoms with Crippen molar-refractivity contribution in [1.29, 1.82) is 0 Å². The molecule has 0 aliphatic heterocycles. The summed E-state index contributed by atoms with van der Waals surface area (Å²) >= 11 is 1.40. The molecule has 0 aliphatic rings. The summed E-state index contributed by atoms with van der Waals surface area (Å²) in [6.07, 6.45) is 3.57. The molecule has 0 fully saturated rings. The molecule has 1 N–H and O–H groups in total. The summed E-state index contributed by atoms with van der Waals surface area (Å²) in [5, 5.41) is 12.4. The molecule has 3 rings (SSSR count). The van der Waals surface area contributed by atoms with E-state index in [-0.39, 0.29) is 11.7 Å². The first kappa shape index (κ1) is 20.1. The van der Waals surface area contributed by atoms with E-state index in [0.717, 1.165) is 52.9 Å². The number of hydrogen-bond acceptors (Lipinski definition) is 5. The third-order valence-electron chi connectivity index (χ3n) is 4.39. The Labute approximate surface area is 169 Å². The maximum absolute atomic E-state index is 12.6. The van der Waals surface area contributed by atoms with E-state index in [4.69, 9.17) is 0 Å². The van der Waals surface area contributed by atoms with Gasteiger partial charge >= 0.3 is 0 Å². The first-order valence-electron chi connectivity index (χ1n) is 9.49. The maximum atomic E-state index is 12.6. The van der Waals surface area contributed by atoms with Gasteiger partial charge in [0, 0.05) is 18.4 Å². The van der Waals surface area contributed by atoms with Gasteiger partial charge in [0.25, 0.3) is 0 Å². The fourth-order valence-electron chi connectivity index (χ4n) is 3.01. The normalized spacial score (nSPS) is 10.8. The van der Waals surface area contributed by atoms with Gasteiger partial charge in [0.1, 0.15) is 5.69 Å². The molecular weight excluding hydrogens is 370 g/mol. The lowest BCUT2D eigenvalue weighted by Gasteiger charge is -2.13. The molecule has 0 saturated carbocycles. The molecule has 0 spiro atoms. The van der Waals surface area contributed by atoms with Gasteiger partial charge in [-0.15, -0.1) is 10.2 Å². The fraction of sp³-hybridized carbons (Fsp3) is 0.333. The topological polar surface area (TPSA) is 72.7 Å². The summed E-state index contributed by atoms with van der Waals surface area (Å²) in [4.78, 5) is 16.9. The number of amides is 1. The molecule has 0 radical (unpaired) electrons. The molecule has 3 aromatic rings. The van der Waals surface area contributed by atoms with E-state index in [0.29, 0.717) is 0 Å². The number of para-hydroxylation sites is 1. The Morgan fingerprint density at radius 2 is 2.00 bits per heavy atom. The summed E-state index contributed by atoms with van der Waals surface area (Å²) < 4.78 is 2.03. The van der Waals surface area contributed by atoms with Crippen LogP contribution in [0.25, 0.3) is 11.5 Å². The maximum Gasteiger partial charge on any atom is 0.234 e. The molecule has 0 unspecified atom stereocenters. The van der Waals surface area contributed by atoms with E-state index < -0.39 is 0 Å². The van der Waals surface area contributed by atoms with Crippen LogP contribution in [-0.4, -0.2) is 31.4 Å². The number of nitrogens with zero attached hydrogens (tertiary/aromatic N) is 4. The minimum absolute atomic E-state index is 0.0422. The zero-order chi connectivity index (χ0) is 19.9. The number of aryl methyl sites for hydroxylation is 2. The minimum atomic E-state index is -0.0422. The number of nitrogens with one attached hydrogen (secondary N) is 1.